The molecule has 1 rings (SSSR count). The number of halogens is 4. The number of rotatable bonds is 9. The zero-order valence-electron chi connectivity index (χ0n) is 11.5. The van der Waals surface area contributed by atoms with Gasteiger partial charge in [-0.3, -0.25) is 11.3 Å². The molecule has 1 unspecified atom stereocenters. The SMILES string of the molecule is COc1cccc(CC(COCC(F)(F)C(F)F)NN)c1. The minimum Gasteiger partial charge on any atom is -0.497 e. The van der Waals surface area contributed by atoms with Crippen LogP contribution in [0.3, 0.4) is 0 Å². The molecule has 0 bridgehead atoms. The predicted octanol–water partition coefficient (Wildman–Crippen LogP) is 1.99. The zero-order valence-corrected chi connectivity index (χ0v) is 11.5. The van der Waals surface area contributed by atoms with Crippen LogP contribution in [0.15, 0.2) is 24.3 Å². The Hall–Kier alpha value is -1.38. The van der Waals surface area contributed by atoms with Crippen LogP contribution < -0.4 is 16.0 Å². The lowest BCUT2D eigenvalue weighted by atomic mass is 10.1. The molecule has 0 radical (unpaired) electrons. The number of methoxy groups -OCH3 is 1. The molecule has 0 heterocycles. The van der Waals surface area contributed by atoms with Gasteiger partial charge in [0.15, 0.2) is 0 Å². The van der Waals surface area contributed by atoms with Crippen molar-refractivity contribution in [3.63, 3.8) is 0 Å². The van der Waals surface area contributed by atoms with Crippen LogP contribution in [0.1, 0.15) is 5.56 Å². The Kier molecular flexibility index (Phi) is 6.86. The van der Waals surface area contributed by atoms with E-state index in [1.807, 2.05) is 0 Å². The number of ether oxygens (including phenoxy) is 2. The van der Waals surface area contributed by atoms with E-state index in [0.717, 1.165) is 5.56 Å². The highest BCUT2D eigenvalue weighted by Crippen LogP contribution is 2.23. The molecule has 0 saturated heterocycles. The van der Waals surface area contributed by atoms with Gasteiger partial charge in [-0.05, 0) is 24.1 Å². The van der Waals surface area contributed by atoms with Gasteiger partial charge in [-0.2, -0.15) is 8.78 Å². The summed E-state index contributed by atoms with van der Waals surface area (Å²) >= 11 is 0. The Balaban J connectivity index is 2.48. The standard InChI is InChI=1S/C13H18F4N2O2/c1-20-11-4-2-3-9(6-11)5-10(19-18)7-21-8-13(16,17)12(14)15/h2-4,6,10,12,19H,5,7-8,18H2,1H3. The lowest BCUT2D eigenvalue weighted by molar-refractivity contribution is -0.167. The number of alkyl halides is 4. The maximum Gasteiger partial charge on any atom is 0.330 e. The number of nitrogens with two attached hydrogens (primary N) is 1. The van der Waals surface area contributed by atoms with Crippen LogP contribution in [0.2, 0.25) is 0 Å². The predicted molar refractivity (Wildman–Crippen MR) is 69.6 cm³/mol. The molecular weight excluding hydrogens is 292 g/mol. The first-order chi connectivity index (χ1) is 9.89. The van der Waals surface area contributed by atoms with Gasteiger partial charge in [0.05, 0.1) is 13.7 Å². The molecule has 0 saturated carbocycles. The molecule has 0 aromatic heterocycles. The molecule has 8 heteroatoms. The number of hydrogen-bond acceptors (Lipinski definition) is 4. The lowest BCUT2D eigenvalue weighted by Gasteiger charge is -2.19. The highest BCUT2D eigenvalue weighted by atomic mass is 19.3. The van der Waals surface area contributed by atoms with E-state index in [4.69, 9.17) is 10.6 Å². The summed E-state index contributed by atoms with van der Waals surface area (Å²) in [7, 11) is 1.52. The third-order valence-electron chi connectivity index (χ3n) is 2.78. The third-order valence-corrected chi connectivity index (χ3v) is 2.78. The molecule has 0 fully saturated rings. The normalized spacial score (nSPS) is 13.5. The third kappa shape index (κ3) is 5.86. The lowest BCUT2D eigenvalue weighted by Crippen LogP contribution is -2.42. The van der Waals surface area contributed by atoms with E-state index in [0.29, 0.717) is 12.2 Å². The molecule has 1 aromatic rings. The van der Waals surface area contributed by atoms with E-state index in [2.05, 4.69) is 10.2 Å². The van der Waals surface area contributed by atoms with Gasteiger partial charge in [0.2, 0.25) is 0 Å². The second kappa shape index (κ2) is 8.16. The van der Waals surface area contributed by atoms with E-state index in [1.165, 1.54) is 7.11 Å². The maximum atomic E-state index is 12.7. The molecular formula is C13H18F4N2O2. The first-order valence-corrected chi connectivity index (χ1v) is 6.22. The van der Waals surface area contributed by atoms with Gasteiger partial charge in [0, 0.05) is 6.04 Å². The molecule has 3 N–H and O–H groups in total. The fourth-order valence-electron chi connectivity index (χ4n) is 1.65. The topological polar surface area (TPSA) is 56.5 Å². The Morgan fingerprint density at radius 1 is 1.33 bits per heavy atom. The van der Waals surface area contributed by atoms with Crippen LogP contribution in [0.5, 0.6) is 5.75 Å². The molecule has 0 spiro atoms. The van der Waals surface area contributed by atoms with Crippen LogP contribution >= 0.6 is 0 Å². The summed E-state index contributed by atoms with van der Waals surface area (Å²) in [6.07, 6.45) is -3.37. The summed E-state index contributed by atoms with van der Waals surface area (Å²) in [6.45, 7) is -1.56. The average molecular weight is 310 g/mol. The molecule has 1 aromatic carbocycles. The Labute approximate surface area is 120 Å². The molecule has 0 aliphatic carbocycles. The Morgan fingerprint density at radius 2 is 2.05 bits per heavy atom. The molecule has 1 atom stereocenters. The number of benzene rings is 1. The fraction of sp³-hybridized carbons (Fsp3) is 0.538. The van der Waals surface area contributed by atoms with E-state index in [9.17, 15) is 17.6 Å². The fourth-order valence-corrected chi connectivity index (χ4v) is 1.65. The first-order valence-electron chi connectivity index (χ1n) is 6.22. The van der Waals surface area contributed by atoms with Crippen LogP contribution in [-0.4, -0.2) is 38.7 Å². The Bertz CT molecular complexity index is 432. The quantitative estimate of drug-likeness (QED) is 0.416. The van der Waals surface area contributed by atoms with Crippen molar-refractivity contribution in [1.82, 2.24) is 5.43 Å². The van der Waals surface area contributed by atoms with Crippen LogP contribution in [0, 0.1) is 0 Å². The summed E-state index contributed by atoms with van der Waals surface area (Å²) in [4.78, 5) is 0. The summed E-state index contributed by atoms with van der Waals surface area (Å²) < 4.78 is 59.0. The van der Waals surface area contributed by atoms with Crippen LogP contribution in [-0.2, 0) is 11.2 Å². The summed E-state index contributed by atoms with van der Waals surface area (Å²) in [5, 5.41) is 0. The number of hydrazine groups is 1. The van der Waals surface area contributed by atoms with Crippen LogP contribution in [0.4, 0.5) is 17.6 Å². The van der Waals surface area contributed by atoms with Crippen molar-refractivity contribution in [3.8, 4) is 5.75 Å². The molecule has 4 nitrogen and oxygen atoms in total. The Morgan fingerprint density at radius 3 is 2.62 bits per heavy atom. The molecule has 0 aliphatic rings. The molecule has 120 valence electrons. The van der Waals surface area contributed by atoms with E-state index >= 15 is 0 Å². The monoisotopic (exact) mass is 310 g/mol. The summed E-state index contributed by atoms with van der Waals surface area (Å²) in [6, 6.07) is 6.62. The van der Waals surface area contributed by atoms with Crippen LogP contribution in [0.25, 0.3) is 0 Å². The molecule has 0 aliphatic heterocycles. The zero-order chi connectivity index (χ0) is 15.9. The number of nitrogens with one attached hydrogen (secondary N) is 1. The van der Waals surface area contributed by atoms with Gasteiger partial charge in [-0.15, -0.1) is 0 Å². The van der Waals surface area contributed by atoms with Gasteiger partial charge in [-0.25, -0.2) is 8.78 Å². The summed E-state index contributed by atoms with van der Waals surface area (Å²) in [5.41, 5.74) is 3.25. The second-order valence-electron chi connectivity index (χ2n) is 4.50. The van der Waals surface area contributed by atoms with Crippen molar-refractivity contribution in [3.05, 3.63) is 29.8 Å². The largest absolute Gasteiger partial charge is 0.497 e. The highest BCUT2D eigenvalue weighted by Gasteiger charge is 2.41. The maximum absolute atomic E-state index is 12.7. The van der Waals surface area contributed by atoms with Crippen molar-refractivity contribution >= 4 is 0 Å². The van der Waals surface area contributed by atoms with E-state index < -0.39 is 25.0 Å². The molecule has 21 heavy (non-hydrogen) atoms. The minimum atomic E-state index is -4.16. The smallest absolute Gasteiger partial charge is 0.330 e. The van der Waals surface area contributed by atoms with Crippen molar-refractivity contribution in [2.24, 2.45) is 5.84 Å². The van der Waals surface area contributed by atoms with Gasteiger partial charge >= 0.3 is 12.3 Å². The van der Waals surface area contributed by atoms with Crippen molar-refractivity contribution in [2.75, 3.05) is 20.3 Å². The van der Waals surface area contributed by atoms with Crippen molar-refractivity contribution < 1.29 is 27.0 Å². The molecule has 0 amide bonds. The second-order valence-corrected chi connectivity index (χ2v) is 4.50. The van der Waals surface area contributed by atoms with Gasteiger partial charge in [0.1, 0.15) is 12.4 Å². The minimum absolute atomic E-state index is 0.212. The van der Waals surface area contributed by atoms with Gasteiger partial charge in [-0.1, -0.05) is 12.1 Å². The van der Waals surface area contributed by atoms with E-state index in [1.54, 1.807) is 24.3 Å². The highest BCUT2D eigenvalue weighted by molar-refractivity contribution is 5.28. The summed E-state index contributed by atoms with van der Waals surface area (Å²) in [5.74, 6) is 1.79. The number of hydrogen-bond donors (Lipinski definition) is 2. The van der Waals surface area contributed by atoms with Gasteiger partial charge in [0.25, 0.3) is 0 Å². The van der Waals surface area contributed by atoms with Crippen molar-refractivity contribution in [1.29, 1.82) is 0 Å². The first kappa shape index (κ1) is 17.7. The average Bonchev–Trinajstić information content (AvgIpc) is 2.46. The van der Waals surface area contributed by atoms with Crippen molar-refractivity contribution in [2.45, 2.75) is 24.8 Å². The van der Waals surface area contributed by atoms with Gasteiger partial charge < -0.3 is 9.47 Å². The van der Waals surface area contributed by atoms with E-state index in [-0.39, 0.29) is 6.61 Å².